The third kappa shape index (κ3) is 2.60. The zero-order chi connectivity index (χ0) is 10.7. The smallest absolute Gasteiger partial charge is 0.379 e. The molecule has 0 N–H and O–H groups in total. The van der Waals surface area contributed by atoms with E-state index in [0.717, 1.165) is 6.92 Å². The average Bonchev–Trinajstić information content (AvgIpc) is 2.35. The van der Waals surface area contributed by atoms with Crippen molar-refractivity contribution in [3.8, 4) is 0 Å². The first-order valence-electron chi connectivity index (χ1n) is 4.13. The van der Waals surface area contributed by atoms with Gasteiger partial charge in [-0.05, 0) is 13.8 Å². The van der Waals surface area contributed by atoms with Crippen LogP contribution >= 0.6 is 0 Å². The fourth-order valence-electron chi connectivity index (χ4n) is 0.883. The molecule has 0 aliphatic carbocycles. The van der Waals surface area contributed by atoms with Gasteiger partial charge in [0.2, 0.25) is 5.60 Å². The molecule has 1 aliphatic heterocycles. The topological polar surface area (TPSA) is 21.6 Å². The summed E-state index contributed by atoms with van der Waals surface area (Å²) in [6.45, 7) is 6.50. The molecular formula is C8H14F3NO. The minimum absolute atomic E-state index is 0.170. The second-order valence-corrected chi connectivity index (χ2v) is 2.82. The highest BCUT2D eigenvalue weighted by molar-refractivity contribution is 5.83. The second kappa shape index (κ2) is 3.98. The predicted octanol–water partition coefficient (Wildman–Crippen LogP) is 3.13. The quantitative estimate of drug-likeness (QED) is 0.584. The molecule has 1 aliphatic rings. The molecule has 13 heavy (non-hydrogen) atoms. The highest BCUT2D eigenvalue weighted by atomic mass is 19.4. The summed E-state index contributed by atoms with van der Waals surface area (Å²) in [5.74, 6) is 0. The molecule has 2 nitrogen and oxygen atoms in total. The summed E-state index contributed by atoms with van der Waals surface area (Å²) in [6, 6.07) is 0. The van der Waals surface area contributed by atoms with Gasteiger partial charge in [-0.3, -0.25) is 0 Å². The minimum Gasteiger partial charge on any atom is -0.379 e. The average molecular weight is 197 g/mol. The highest BCUT2D eigenvalue weighted by Gasteiger charge is 2.56. The maximum Gasteiger partial charge on any atom is 0.431 e. The van der Waals surface area contributed by atoms with Crippen LogP contribution in [0, 0.1) is 0 Å². The molecule has 0 aromatic carbocycles. The van der Waals surface area contributed by atoms with Crippen molar-refractivity contribution in [2.45, 2.75) is 45.9 Å². The Kier molecular flexibility index (Phi) is 3.75. The number of nitrogens with zero attached hydrogens (tertiary/aromatic N) is 1. The molecule has 0 fully saturated rings. The first-order chi connectivity index (χ1) is 5.85. The van der Waals surface area contributed by atoms with E-state index < -0.39 is 11.8 Å². The van der Waals surface area contributed by atoms with Gasteiger partial charge in [0, 0.05) is 6.42 Å². The van der Waals surface area contributed by atoms with Gasteiger partial charge in [-0.25, -0.2) is 0 Å². The molecule has 1 rings (SSSR count). The van der Waals surface area contributed by atoms with Crippen LogP contribution in [0.3, 0.4) is 0 Å². The summed E-state index contributed by atoms with van der Waals surface area (Å²) in [7, 11) is 0. The number of halogens is 3. The molecule has 0 saturated carbocycles. The van der Waals surface area contributed by atoms with Crippen molar-refractivity contribution in [3.63, 3.8) is 0 Å². The minimum atomic E-state index is -4.34. The molecule has 5 heteroatoms. The van der Waals surface area contributed by atoms with Crippen molar-refractivity contribution in [1.82, 2.24) is 0 Å². The normalized spacial score (nSPS) is 27.2. The van der Waals surface area contributed by atoms with Gasteiger partial charge in [-0.2, -0.15) is 13.2 Å². The molecular weight excluding hydrogens is 183 g/mol. The van der Waals surface area contributed by atoms with Crippen molar-refractivity contribution >= 4 is 5.71 Å². The van der Waals surface area contributed by atoms with Crippen LogP contribution < -0.4 is 0 Å². The van der Waals surface area contributed by atoms with Crippen molar-refractivity contribution in [3.05, 3.63) is 0 Å². The van der Waals surface area contributed by atoms with E-state index in [1.165, 1.54) is 6.92 Å². The molecule has 0 amide bonds. The lowest BCUT2D eigenvalue weighted by atomic mass is 10.0. The van der Waals surface area contributed by atoms with Gasteiger partial charge in [0.25, 0.3) is 0 Å². The lowest BCUT2D eigenvalue weighted by Crippen LogP contribution is -2.42. The van der Waals surface area contributed by atoms with E-state index in [4.69, 9.17) is 0 Å². The summed E-state index contributed by atoms with van der Waals surface area (Å²) >= 11 is 0. The predicted molar refractivity (Wildman–Crippen MR) is 44.6 cm³/mol. The molecule has 1 unspecified atom stereocenters. The first-order valence-corrected chi connectivity index (χ1v) is 4.13. The lowest BCUT2D eigenvalue weighted by molar-refractivity contribution is -0.261. The van der Waals surface area contributed by atoms with Crippen molar-refractivity contribution in [2.75, 3.05) is 0 Å². The van der Waals surface area contributed by atoms with Gasteiger partial charge >= 0.3 is 6.18 Å². The van der Waals surface area contributed by atoms with Crippen molar-refractivity contribution in [2.24, 2.45) is 5.16 Å². The third-order valence-electron chi connectivity index (χ3n) is 1.60. The monoisotopic (exact) mass is 197 g/mol. The van der Waals surface area contributed by atoms with Crippen LogP contribution in [0.5, 0.6) is 0 Å². The fraction of sp³-hybridized carbons (Fsp3) is 0.875. The molecule has 0 spiro atoms. The number of rotatable bonds is 0. The Balaban J connectivity index is 0.000000671. The molecule has 0 aromatic rings. The first kappa shape index (κ1) is 12.3. The Bertz CT molecular complexity index is 200. The summed E-state index contributed by atoms with van der Waals surface area (Å²) in [6.07, 6.45) is -4.51. The summed E-state index contributed by atoms with van der Waals surface area (Å²) in [5.41, 5.74) is -1.72. The largest absolute Gasteiger partial charge is 0.431 e. The molecule has 1 heterocycles. The van der Waals surface area contributed by atoms with Crippen LogP contribution in [0.4, 0.5) is 13.2 Å². The van der Waals surface area contributed by atoms with Crippen LogP contribution in [0.15, 0.2) is 5.16 Å². The SMILES string of the molecule is CC.CC1=NOC(C)(C(F)(F)F)C1. The molecule has 0 aromatic heterocycles. The molecule has 0 bridgehead atoms. The number of hydrogen-bond acceptors (Lipinski definition) is 2. The summed E-state index contributed by atoms with van der Waals surface area (Å²) in [5, 5.41) is 3.25. The van der Waals surface area contributed by atoms with E-state index >= 15 is 0 Å². The van der Waals surface area contributed by atoms with Crippen LogP contribution in [-0.2, 0) is 4.84 Å². The Hall–Kier alpha value is -0.740. The van der Waals surface area contributed by atoms with Crippen LogP contribution in [0.1, 0.15) is 34.1 Å². The summed E-state index contributed by atoms with van der Waals surface area (Å²) < 4.78 is 36.4. The number of alkyl halides is 3. The van der Waals surface area contributed by atoms with Gasteiger partial charge in [-0.1, -0.05) is 19.0 Å². The Morgan fingerprint density at radius 1 is 1.38 bits per heavy atom. The van der Waals surface area contributed by atoms with E-state index in [2.05, 4.69) is 9.99 Å². The molecule has 1 atom stereocenters. The van der Waals surface area contributed by atoms with Crippen molar-refractivity contribution in [1.29, 1.82) is 0 Å². The molecule has 0 radical (unpaired) electrons. The van der Waals surface area contributed by atoms with Gasteiger partial charge < -0.3 is 4.84 Å². The van der Waals surface area contributed by atoms with Gasteiger partial charge in [0.15, 0.2) is 0 Å². The highest BCUT2D eigenvalue weighted by Crippen LogP contribution is 2.39. The number of oxime groups is 1. The number of hydrogen-bond donors (Lipinski definition) is 0. The standard InChI is InChI=1S/C6H8F3NO.C2H6/c1-4-3-5(2,11-10-4)6(7,8)9;1-2/h3H2,1-2H3;1-2H3. The van der Waals surface area contributed by atoms with Crippen LogP contribution in [0.25, 0.3) is 0 Å². The van der Waals surface area contributed by atoms with E-state index in [0.29, 0.717) is 5.71 Å². The zero-order valence-corrected chi connectivity index (χ0v) is 8.20. The van der Waals surface area contributed by atoms with Gasteiger partial charge in [0.1, 0.15) is 0 Å². The van der Waals surface area contributed by atoms with Gasteiger partial charge in [0.05, 0.1) is 5.71 Å². The van der Waals surface area contributed by atoms with Crippen molar-refractivity contribution < 1.29 is 18.0 Å². The Morgan fingerprint density at radius 3 is 2.00 bits per heavy atom. The van der Waals surface area contributed by atoms with Gasteiger partial charge in [-0.15, -0.1) is 0 Å². The van der Waals surface area contributed by atoms with E-state index in [1.54, 1.807) is 0 Å². The Morgan fingerprint density at radius 2 is 1.85 bits per heavy atom. The van der Waals surface area contributed by atoms with E-state index in [1.807, 2.05) is 13.8 Å². The summed E-state index contributed by atoms with van der Waals surface area (Å²) in [4.78, 5) is 4.28. The van der Waals surface area contributed by atoms with Crippen LogP contribution in [-0.4, -0.2) is 17.5 Å². The zero-order valence-electron chi connectivity index (χ0n) is 8.20. The van der Waals surface area contributed by atoms with E-state index in [9.17, 15) is 13.2 Å². The second-order valence-electron chi connectivity index (χ2n) is 2.82. The molecule has 78 valence electrons. The molecule has 0 saturated heterocycles. The third-order valence-corrected chi connectivity index (χ3v) is 1.60. The maximum atomic E-state index is 12.1. The maximum absolute atomic E-state index is 12.1. The lowest BCUT2D eigenvalue weighted by Gasteiger charge is -2.23. The Labute approximate surface area is 75.8 Å². The fourth-order valence-corrected chi connectivity index (χ4v) is 0.883. The van der Waals surface area contributed by atoms with Crippen LogP contribution in [0.2, 0.25) is 0 Å². The van der Waals surface area contributed by atoms with E-state index in [-0.39, 0.29) is 6.42 Å².